The van der Waals surface area contributed by atoms with E-state index in [1.807, 2.05) is 43.5 Å². The Morgan fingerprint density at radius 1 is 1.16 bits per heavy atom. The lowest BCUT2D eigenvalue weighted by atomic mass is 10.1. The minimum absolute atomic E-state index is 0.0672. The van der Waals surface area contributed by atoms with E-state index in [0.29, 0.717) is 28.8 Å². The molecular weight excluding hydrogens is 467 g/mol. The molecule has 0 aliphatic carbocycles. The van der Waals surface area contributed by atoms with Gasteiger partial charge in [-0.15, -0.1) is 10.2 Å². The Bertz CT molecular complexity index is 1090. The van der Waals surface area contributed by atoms with Gasteiger partial charge < -0.3 is 14.6 Å². The van der Waals surface area contributed by atoms with Gasteiger partial charge in [0.1, 0.15) is 11.6 Å². The first kappa shape index (κ1) is 24.4. The first-order valence-corrected chi connectivity index (χ1v) is 12.1. The summed E-state index contributed by atoms with van der Waals surface area (Å²) in [4.78, 5) is 12.4. The van der Waals surface area contributed by atoms with Crippen LogP contribution < -0.4 is 10.1 Å². The van der Waals surface area contributed by atoms with Gasteiger partial charge in [-0.1, -0.05) is 52.7 Å². The quantitative estimate of drug-likeness (QED) is 0.279. The van der Waals surface area contributed by atoms with E-state index in [0.717, 1.165) is 35.2 Å². The fraction of sp³-hybridized carbons (Fsp3) is 0.348. The molecule has 3 aromatic rings. The average Bonchev–Trinajstić information content (AvgIpc) is 3.14. The second kappa shape index (κ2) is 11.6. The van der Waals surface area contributed by atoms with Crippen molar-refractivity contribution in [1.29, 1.82) is 0 Å². The fourth-order valence-corrected chi connectivity index (χ4v) is 4.49. The van der Waals surface area contributed by atoms with Gasteiger partial charge in [-0.25, -0.2) is 0 Å². The first-order valence-electron chi connectivity index (χ1n) is 10.4. The highest BCUT2D eigenvalue weighted by Crippen LogP contribution is 2.27. The van der Waals surface area contributed by atoms with Crippen molar-refractivity contribution in [2.75, 3.05) is 17.7 Å². The number of hydrogen-bond donors (Lipinski definition) is 1. The molecule has 0 radical (unpaired) electrons. The van der Waals surface area contributed by atoms with Crippen molar-refractivity contribution in [3.63, 3.8) is 0 Å². The summed E-state index contributed by atoms with van der Waals surface area (Å²) < 4.78 is 7.77. The summed E-state index contributed by atoms with van der Waals surface area (Å²) >= 11 is 13.4. The smallest absolute Gasteiger partial charge is 0.234 e. The van der Waals surface area contributed by atoms with Crippen molar-refractivity contribution in [2.24, 2.45) is 0 Å². The Labute approximate surface area is 202 Å². The van der Waals surface area contributed by atoms with Crippen molar-refractivity contribution in [1.82, 2.24) is 14.8 Å². The Kier molecular flexibility index (Phi) is 8.84. The molecule has 0 fully saturated rings. The normalized spacial score (nSPS) is 10.9. The molecule has 0 aliphatic rings. The molecule has 0 spiro atoms. The van der Waals surface area contributed by atoms with Crippen molar-refractivity contribution >= 4 is 46.6 Å². The number of hydrogen-bond acceptors (Lipinski definition) is 5. The van der Waals surface area contributed by atoms with Crippen LogP contribution in [0.3, 0.4) is 0 Å². The van der Waals surface area contributed by atoms with Crippen LogP contribution in [0.1, 0.15) is 30.3 Å². The summed E-state index contributed by atoms with van der Waals surface area (Å²) in [5, 5.41) is 13.4. The van der Waals surface area contributed by atoms with Crippen LogP contribution in [-0.2, 0) is 17.8 Å². The molecule has 1 amide bonds. The molecule has 0 bridgehead atoms. The SMILES string of the molecule is CCn1c(CCCOc2ccc(Cl)cc2Cl)nnc1SCC(=O)Nc1ccc(C)cc1C. The Balaban J connectivity index is 1.50. The highest BCUT2D eigenvalue weighted by atomic mass is 35.5. The third kappa shape index (κ3) is 6.64. The van der Waals surface area contributed by atoms with Gasteiger partial charge in [0.05, 0.1) is 17.4 Å². The van der Waals surface area contributed by atoms with E-state index in [4.69, 9.17) is 27.9 Å². The molecule has 170 valence electrons. The summed E-state index contributed by atoms with van der Waals surface area (Å²) in [7, 11) is 0. The highest BCUT2D eigenvalue weighted by molar-refractivity contribution is 7.99. The van der Waals surface area contributed by atoms with Crippen molar-refractivity contribution in [2.45, 2.75) is 45.3 Å². The fourth-order valence-electron chi connectivity index (χ4n) is 3.20. The topological polar surface area (TPSA) is 69.0 Å². The van der Waals surface area contributed by atoms with Crippen LogP contribution >= 0.6 is 35.0 Å². The average molecular weight is 493 g/mol. The van der Waals surface area contributed by atoms with E-state index in [-0.39, 0.29) is 11.7 Å². The number of nitrogens with zero attached hydrogens (tertiary/aromatic N) is 3. The van der Waals surface area contributed by atoms with Crippen LogP contribution in [0.15, 0.2) is 41.6 Å². The molecule has 9 heteroatoms. The zero-order valence-electron chi connectivity index (χ0n) is 18.3. The van der Waals surface area contributed by atoms with Crippen LogP contribution in [-0.4, -0.2) is 33.0 Å². The molecule has 1 heterocycles. The summed E-state index contributed by atoms with van der Waals surface area (Å²) in [5.74, 6) is 1.68. The molecule has 6 nitrogen and oxygen atoms in total. The number of benzene rings is 2. The molecule has 1 N–H and O–H groups in total. The number of anilines is 1. The lowest BCUT2D eigenvalue weighted by molar-refractivity contribution is -0.113. The van der Waals surface area contributed by atoms with Gasteiger partial charge in [0.15, 0.2) is 5.16 Å². The number of amides is 1. The van der Waals surface area contributed by atoms with E-state index in [1.54, 1.807) is 18.2 Å². The molecule has 1 aromatic heterocycles. The van der Waals surface area contributed by atoms with Gasteiger partial charge in [0.2, 0.25) is 5.91 Å². The lowest BCUT2D eigenvalue weighted by Gasteiger charge is -2.10. The van der Waals surface area contributed by atoms with Crippen molar-refractivity contribution in [3.05, 3.63) is 63.4 Å². The highest BCUT2D eigenvalue weighted by Gasteiger charge is 2.14. The Morgan fingerprint density at radius 2 is 1.97 bits per heavy atom. The third-order valence-electron chi connectivity index (χ3n) is 4.79. The summed E-state index contributed by atoms with van der Waals surface area (Å²) in [6.07, 6.45) is 1.47. The number of carbonyl (C=O) groups excluding carboxylic acids is 1. The molecule has 3 rings (SSSR count). The predicted octanol–water partition coefficient (Wildman–Crippen LogP) is 5.96. The number of aromatic nitrogens is 3. The summed E-state index contributed by atoms with van der Waals surface area (Å²) in [6.45, 7) is 7.28. The summed E-state index contributed by atoms with van der Waals surface area (Å²) in [6, 6.07) is 11.1. The van der Waals surface area contributed by atoms with Gasteiger partial charge in [0, 0.05) is 23.7 Å². The predicted molar refractivity (Wildman–Crippen MR) is 131 cm³/mol. The zero-order valence-corrected chi connectivity index (χ0v) is 20.7. The van der Waals surface area contributed by atoms with Gasteiger partial charge >= 0.3 is 0 Å². The third-order valence-corrected chi connectivity index (χ3v) is 6.29. The van der Waals surface area contributed by atoms with Crippen LogP contribution in [0, 0.1) is 13.8 Å². The molecule has 0 saturated carbocycles. The minimum atomic E-state index is -0.0672. The zero-order chi connectivity index (χ0) is 23.1. The van der Waals surface area contributed by atoms with Crippen molar-refractivity contribution in [3.8, 4) is 5.75 Å². The summed E-state index contributed by atoms with van der Waals surface area (Å²) in [5.41, 5.74) is 3.05. The largest absolute Gasteiger partial charge is 0.492 e. The maximum atomic E-state index is 12.4. The van der Waals surface area contributed by atoms with Gasteiger partial charge in [0.25, 0.3) is 0 Å². The molecule has 0 unspecified atom stereocenters. The van der Waals surface area contributed by atoms with E-state index < -0.39 is 0 Å². The van der Waals surface area contributed by atoms with E-state index in [2.05, 4.69) is 15.5 Å². The van der Waals surface area contributed by atoms with Crippen LogP contribution in [0.25, 0.3) is 0 Å². The molecular formula is C23H26Cl2N4O2S. The molecule has 0 saturated heterocycles. The number of ether oxygens (including phenoxy) is 1. The van der Waals surface area contributed by atoms with Gasteiger partial charge in [-0.2, -0.15) is 0 Å². The number of rotatable bonds is 10. The number of thioether (sulfide) groups is 1. The van der Waals surface area contributed by atoms with Crippen LogP contribution in [0.5, 0.6) is 5.75 Å². The monoisotopic (exact) mass is 492 g/mol. The van der Waals surface area contributed by atoms with Gasteiger partial charge in [-0.3, -0.25) is 4.79 Å². The second-order valence-electron chi connectivity index (χ2n) is 7.33. The molecule has 0 aliphatic heterocycles. The number of carbonyl (C=O) groups is 1. The Hall–Kier alpha value is -2.22. The van der Waals surface area contributed by atoms with Crippen LogP contribution in [0.4, 0.5) is 5.69 Å². The maximum Gasteiger partial charge on any atom is 0.234 e. The first-order chi connectivity index (χ1) is 15.4. The number of nitrogens with one attached hydrogen (secondary N) is 1. The Morgan fingerprint density at radius 3 is 2.69 bits per heavy atom. The van der Waals surface area contributed by atoms with Gasteiger partial charge in [-0.05, 0) is 57.0 Å². The minimum Gasteiger partial charge on any atom is -0.492 e. The molecule has 32 heavy (non-hydrogen) atoms. The number of halogens is 2. The maximum absolute atomic E-state index is 12.4. The standard InChI is InChI=1S/C23H26Cl2N4O2S/c1-4-29-21(6-5-11-31-20-10-8-17(24)13-18(20)25)27-28-23(29)32-14-22(30)26-19-9-7-15(2)12-16(19)3/h7-10,12-13H,4-6,11,14H2,1-3H3,(H,26,30). The second-order valence-corrected chi connectivity index (χ2v) is 9.11. The van der Waals surface area contributed by atoms with E-state index in [9.17, 15) is 4.79 Å². The molecule has 0 atom stereocenters. The lowest BCUT2D eigenvalue weighted by Crippen LogP contribution is -2.15. The van der Waals surface area contributed by atoms with E-state index >= 15 is 0 Å². The van der Waals surface area contributed by atoms with Crippen molar-refractivity contribution < 1.29 is 9.53 Å². The molecule has 2 aromatic carbocycles. The van der Waals surface area contributed by atoms with Crippen LogP contribution in [0.2, 0.25) is 10.0 Å². The van der Waals surface area contributed by atoms with E-state index in [1.165, 1.54) is 17.3 Å². The number of aryl methyl sites for hydroxylation is 3.